The van der Waals surface area contributed by atoms with Gasteiger partial charge in [-0.3, -0.25) is 0 Å². The van der Waals surface area contributed by atoms with Crippen LogP contribution in [0.3, 0.4) is 0 Å². The van der Waals surface area contributed by atoms with Gasteiger partial charge in [-0.05, 0) is 84.9 Å². The van der Waals surface area contributed by atoms with Crippen LogP contribution in [-0.2, 0) is 0 Å². The number of para-hydroxylation sites is 6. The van der Waals surface area contributed by atoms with E-state index < -0.39 is 0 Å². The average Bonchev–Trinajstić information content (AvgIpc) is 4.08. The number of fused-ring (bicyclic) bond motifs is 14. The Hall–Kier alpha value is -7.82. The van der Waals surface area contributed by atoms with Gasteiger partial charge in [-0.15, -0.1) is 0 Å². The molecule has 0 aliphatic heterocycles. The second kappa shape index (κ2) is 15.0. The summed E-state index contributed by atoms with van der Waals surface area (Å²) >= 11 is 0. The zero-order valence-corrected chi connectivity index (χ0v) is 35.4. The van der Waals surface area contributed by atoms with Crippen molar-refractivity contribution in [3.63, 3.8) is 0 Å². The third-order valence-electron chi connectivity index (χ3n) is 12.3. The summed E-state index contributed by atoms with van der Waals surface area (Å²) in [5.41, 5.74) is 14.2. The smallest absolute Gasteiger partial charge is 0.0641 e. The number of hydrogen-bond acceptors (Lipinski definition) is 0. The van der Waals surface area contributed by atoms with Crippen molar-refractivity contribution < 1.29 is 0 Å². The maximum Gasteiger partial charge on any atom is 0.0641 e. The van der Waals surface area contributed by atoms with Gasteiger partial charge in [0.1, 0.15) is 0 Å². The summed E-state index contributed by atoms with van der Waals surface area (Å²) in [6.45, 7) is 8.00. The van der Waals surface area contributed by atoms with Crippen LogP contribution in [0.15, 0.2) is 206 Å². The molecule has 0 saturated carbocycles. The second-order valence-corrected chi connectivity index (χ2v) is 15.3. The minimum absolute atomic E-state index is 1.14. The maximum absolute atomic E-state index is 2.55. The van der Waals surface area contributed by atoms with Crippen molar-refractivity contribution in [3.8, 4) is 22.7 Å². The molecule has 4 heteroatoms. The average molecular weight is 799 g/mol. The van der Waals surface area contributed by atoms with Crippen LogP contribution in [0.25, 0.3) is 110 Å². The van der Waals surface area contributed by atoms with Gasteiger partial charge in [0.05, 0.1) is 44.1 Å². The molecule has 0 aliphatic carbocycles. The van der Waals surface area contributed by atoms with E-state index in [9.17, 15) is 0 Å². The predicted octanol–water partition coefficient (Wildman–Crippen LogP) is 16.1. The molecule has 0 amide bonds. The third-order valence-corrected chi connectivity index (χ3v) is 12.3. The third kappa shape index (κ3) is 5.33. The zero-order valence-electron chi connectivity index (χ0n) is 35.4. The quantitative estimate of drug-likeness (QED) is 0.169. The zero-order chi connectivity index (χ0) is 41.9. The fourth-order valence-corrected chi connectivity index (χ4v) is 10.0. The van der Waals surface area contributed by atoms with E-state index in [0.717, 1.165) is 22.7 Å². The number of hydrogen-bond donors (Lipinski definition) is 0. The number of benzene rings is 9. The van der Waals surface area contributed by atoms with Gasteiger partial charge in [0.15, 0.2) is 0 Å². The fraction of sp³-hybridized carbons (Fsp3) is 0.0690. The van der Waals surface area contributed by atoms with Crippen LogP contribution in [0.4, 0.5) is 0 Å². The SMILES string of the molecule is CC.CC.c1ccc(-n2c3ccccc3c3cc(-n4c5ccccc5c5c4ccc4c6ccc7c(c8ccccc8n7-c7ccccc7)c6n(-c6ccccc6)c45)ccc32)cc1. The molecule has 0 N–H and O–H groups in total. The monoisotopic (exact) mass is 798 g/mol. The van der Waals surface area contributed by atoms with Crippen molar-refractivity contribution in [1.82, 2.24) is 18.3 Å². The Morgan fingerprint density at radius 2 is 0.565 bits per heavy atom. The Bertz CT molecular complexity index is 3770. The van der Waals surface area contributed by atoms with Crippen LogP contribution in [0.2, 0.25) is 0 Å². The van der Waals surface area contributed by atoms with E-state index in [0.29, 0.717) is 0 Å². The lowest BCUT2D eigenvalue weighted by molar-refractivity contribution is 1.16. The highest BCUT2D eigenvalue weighted by atomic mass is 15.0. The molecule has 0 saturated heterocycles. The Morgan fingerprint density at radius 3 is 1.05 bits per heavy atom. The van der Waals surface area contributed by atoms with Crippen molar-refractivity contribution in [2.75, 3.05) is 0 Å². The van der Waals surface area contributed by atoms with Gasteiger partial charge in [-0.25, -0.2) is 0 Å². The summed E-state index contributed by atoms with van der Waals surface area (Å²) in [5, 5.41) is 9.96. The Labute approximate surface area is 360 Å². The molecule has 0 radical (unpaired) electrons. The molecule has 0 aliphatic rings. The molecule has 4 heterocycles. The summed E-state index contributed by atoms with van der Waals surface area (Å²) in [5.74, 6) is 0. The molecule has 13 rings (SSSR count). The molecule has 298 valence electrons. The molecule has 9 aromatic carbocycles. The molecule has 0 fully saturated rings. The van der Waals surface area contributed by atoms with E-state index in [4.69, 9.17) is 0 Å². The lowest BCUT2D eigenvalue weighted by Crippen LogP contribution is -1.96. The largest absolute Gasteiger partial charge is 0.309 e. The summed E-state index contributed by atoms with van der Waals surface area (Å²) in [6.07, 6.45) is 0. The topological polar surface area (TPSA) is 19.7 Å². The molecular formula is C58H46N4. The van der Waals surface area contributed by atoms with Gasteiger partial charge < -0.3 is 18.3 Å². The highest BCUT2D eigenvalue weighted by molar-refractivity contribution is 6.31. The van der Waals surface area contributed by atoms with Gasteiger partial charge in [0, 0.05) is 65.8 Å². The van der Waals surface area contributed by atoms with Gasteiger partial charge in [-0.2, -0.15) is 0 Å². The Morgan fingerprint density at radius 1 is 0.226 bits per heavy atom. The van der Waals surface area contributed by atoms with Crippen LogP contribution in [0.5, 0.6) is 0 Å². The summed E-state index contributed by atoms with van der Waals surface area (Å²) < 4.78 is 9.83. The fourth-order valence-electron chi connectivity index (χ4n) is 10.0. The van der Waals surface area contributed by atoms with Crippen LogP contribution in [-0.4, -0.2) is 18.3 Å². The van der Waals surface area contributed by atoms with Crippen LogP contribution in [0, 0.1) is 0 Å². The van der Waals surface area contributed by atoms with E-state index in [1.807, 2.05) is 27.7 Å². The second-order valence-electron chi connectivity index (χ2n) is 15.3. The highest BCUT2D eigenvalue weighted by Crippen LogP contribution is 2.46. The van der Waals surface area contributed by atoms with Crippen molar-refractivity contribution in [2.24, 2.45) is 0 Å². The molecule has 4 aromatic heterocycles. The lowest BCUT2D eigenvalue weighted by Gasteiger charge is -2.11. The molecule has 62 heavy (non-hydrogen) atoms. The Balaban J connectivity index is 0.00000105. The molecule has 4 nitrogen and oxygen atoms in total. The number of rotatable bonds is 4. The van der Waals surface area contributed by atoms with Crippen LogP contribution in [0.1, 0.15) is 27.7 Å². The number of nitrogens with zero attached hydrogens (tertiary/aromatic N) is 4. The Kier molecular flexibility index (Phi) is 9.01. The van der Waals surface area contributed by atoms with E-state index in [2.05, 4.69) is 225 Å². The van der Waals surface area contributed by atoms with Crippen molar-refractivity contribution in [1.29, 1.82) is 0 Å². The van der Waals surface area contributed by atoms with Crippen LogP contribution >= 0.6 is 0 Å². The number of aromatic nitrogens is 4. The molecule has 0 spiro atoms. The van der Waals surface area contributed by atoms with Crippen molar-refractivity contribution in [2.45, 2.75) is 27.7 Å². The van der Waals surface area contributed by atoms with Crippen LogP contribution < -0.4 is 0 Å². The lowest BCUT2D eigenvalue weighted by atomic mass is 10.1. The first-order valence-corrected chi connectivity index (χ1v) is 22.0. The first-order chi connectivity index (χ1) is 30.8. The molecule has 0 unspecified atom stereocenters. The molecule has 13 aromatic rings. The minimum atomic E-state index is 1.14. The summed E-state index contributed by atoms with van der Waals surface area (Å²) in [7, 11) is 0. The first kappa shape index (κ1) is 37.2. The van der Waals surface area contributed by atoms with E-state index in [1.165, 1.54) is 87.2 Å². The normalized spacial score (nSPS) is 11.5. The maximum atomic E-state index is 2.55. The standard InChI is InChI=1S/C54H34N4.2C2H6/c1-4-16-35(17-5-1)55-45-25-13-10-22-39(45)44-34-38(28-31-48(44)55)57-47-27-15-12-24-43(47)52-50(57)33-30-41-40-29-32-49-51(53(40)58(54(41)52)37-20-8-3-9-21-37)42-23-11-14-26-46(42)56(49)36-18-6-2-7-19-36;2*1-2/h1-34H;2*1-2H3. The summed E-state index contributed by atoms with van der Waals surface area (Å²) in [6, 6.07) is 75.3. The van der Waals surface area contributed by atoms with Gasteiger partial charge in [0.25, 0.3) is 0 Å². The molecule has 0 bridgehead atoms. The first-order valence-electron chi connectivity index (χ1n) is 22.0. The van der Waals surface area contributed by atoms with Gasteiger partial charge in [0.2, 0.25) is 0 Å². The van der Waals surface area contributed by atoms with E-state index in [1.54, 1.807) is 0 Å². The van der Waals surface area contributed by atoms with E-state index in [-0.39, 0.29) is 0 Å². The summed E-state index contributed by atoms with van der Waals surface area (Å²) in [4.78, 5) is 0. The van der Waals surface area contributed by atoms with Gasteiger partial charge >= 0.3 is 0 Å². The predicted molar refractivity (Wildman–Crippen MR) is 266 cm³/mol. The minimum Gasteiger partial charge on any atom is -0.309 e. The van der Waals surface area contributed by atoms with E-state index >= 15 is 0 Å². The van der Waals surface area contributed by atoms with Crippen molar-refractivity contribution in [3.05, 3.63) is 206 Å². The highest BCUT2D eigenvalue weighted by Gasteiger charge is 2.25. The van der Waals surface area contributed by atoms with Crippen molar-refractivity contribution >= 4 is 87.2 Å². The molecular weight excluding hydrogens is 753 g/mol. The molecule has 0 atom stereocenters. The van der Waals surface area contributed by atoms with Gasteiger partial charge in [-0.1, -0.05) is 149 Å².